The number of nitrogens with zero attached hydrogens (tertiary/aromatic N) is 1. The van der Waals surface area contributed by atoms with E-state index >= 15 is 0 Å². The van der Waals surface area contributed by atoms with E-state index in [2.05, 4.69) is 65.8 Å². The standard InChI is InChI=1S/C20H25N3S/c1-15-6-5-7-18(14-15)22-20(24)21-16(2)17-8-10-19(11-9-17)23-12-3-4-13-23/h5-11,14,16H,3-4,12-13H2,1-2H3,(H2,21,22,24). The molecule has 1 unspecified atom stereocenters. The lowest BCUT2D eigenvalue weighted by Gasteiger charge is -2.20. The van der Waals surface area contributed by atoms with Crippen LogP contribution in [0.15, 0.2) is 48.5 Å². The molecule has 1 atom stereocenters. The van der Waals surface area contributed by atoms with Crippen molar-refractivity contribution in [3.05, 3.63) is 59.7 Å². The van der Waals surface area contributed by atoms with Gasteiger partial charge in [-0.3, -0.25) is 0 Å². The van der Waals surface area contributed by atoms with Crippen LogP contribution in [0, 0.1) is 6.92 Å². The average Bonchev–Trinajstić information content (AvgIpc) is 3.09. The minimum Gasteiger partial charge on any atom is -0.372 e. The topological polar surface area (TPSA) is 27.3 Å². The van der Waals surface area contributed by atoms with Crippen molar-refractivity contribution in [3.63, 3.8) is 0 Å². The Morgan fingerprint density at radius 2 is 1.79 bits per heavy atom. The molecule has 3 nitrogen and oxygen atoms in total. The molecule has 1 aliphatic rings. The molecule has 1 aliphatic heterocycles. The second kappa shape index (κ2) is 7.67. The second-order valence-corrected chi connectivity index (χ2v) is 6.88. The largest absolute Gasteiger partial charge is 0.372 e. The van der Waals surface area contributed by atoms with Gasteiger partial charge in [-0.15, -0.1) is 0 Å². The van der Waals surface area contributed by atoms with Crippen LogP contribution in [-0.4, -0.2) is 18.2 Å². The molecule has 1 fully saturated rings. The molecular formula is C20H25N3S. The third-order valence-electron chi connectivity index (χ3n) is 4.49. The molecule has 2 N–H and O–H groups in total. The minimum atomic E-state index is 0.169. The highest BCUT2D eigenvalue weighted by Gasteiger charge is 2.13. The Morgan fingerprint density at radius 3 is 2.46 bits per heavy atom. The summed E-state index contributed by atoms with van der Waals surface area (Å²) in [6, 6.07) is 17.2. The summed E-state index contributed by atoms with van der Waals surface area (Å²) in [4.78, 5) is 2.45. The predicted molar refractivity (Wildman–Crippen MR) is 107 cm³/mol. The summed E-state index contributed by atoms with van der Waals surface area (Å²) in [5, 5.41) is 7.26. The molecule has 0 aliphatic carbocycles. The Balaban J connectivity index is 1.57. The normalized spacial score (nSPS) is 15.2. The van der Waals surface area contributed by atoms with Crippen molar-refractivity contribution < 1.29 is 0 Å². The minimum absolute atomic E-state index is 0.169. The van der Waals surface area contributed by atoms with Gasteiger partial charge in [0.05, 0.1) is 6.04 Å². The number of nitrogens with one attached hydrogen (secondary N) is 2. The molecule has 4 heteroatoms. The predicted octanol–water partition coefficient (Wildman–Crippen LogP) is 4.64. The van der Waals surface area contributed by atoms with Gasteiger partial charge in [-0.05, 0) is 74.3 Å². The smallest absolute Gasteiger partial charge is 0.171 e. The van der Waals surface area contributed by atoms with Crippen molar-refractivity contribution in [2.75, 3.05) is 23.3 Å². The van der Waals surface area contributed by atoms with Crippen LogP contribution in [0.1, 0.15) is 36.9 Å². The first-order valence-electron chi connectivity index (χ1n) is 8.61. The summed E-state index contributed by atoms with van der Waals surface area (Å²) in [7, 11) is 0. The Hall–Kier alpha value is -2.07. The lowest BCUT2D eigenvalue weighted by Crippen LogP contribution is -2.30. The number of rotatable bonds is 4. The van der Waals surface area contributed by atoms with E-state index in [1.54, 1.807) is 0 Å². The highest BCUT2D eigenvalue weighted by atomic mass is 32.1. The first-order chi connectivity index (χ1) is 11.6. The molecule has 0 saturated carbocycles. The third kappa shape index (κ3) is 4.26. The summed E-state index contributed by atoms with van der Waals surface area (Å²) in [5.74, 6) is 0. The Labute approximate surface area is 150 Å². The zero-order chi connectivity index (χ0) is 16.9. The van der Waals surface area contributed by atoms with Crippen LogP contribution >= 0.6 is 12.2 Å². The molecule has 0 aromatic heterocycles. The lowest BCUT2D eigenvalue weighted by atomic mass is 10.1. The fourth-order valence-corrected chi connectivity index (χ4v) is 3.41. The molecule has 0 spiro atoms. The van der Waals surface area contributed by atoms with Crippen molar-refractivity contribution >= 4 is 28.7 Å². The highest BCUT2D eigenvalue weighted by molar-refractivity contribution is 7.80. The first kappa shape index (κ1) is 16.8. The summed E-state index contributed by atoms with van der Waals surface area (Å²) < 4.78 is 0. The van der Waals surface area contributed by atoms with Gasteiger partial charge in [-0.1, -0.05) is 24.3 Å². The fraction of sp³-hybridized carbons (Fsp3) is 0.350. The summed E-state index contributed by atoms with van der Waals surface area (Å²) >= 11 is 5.44. The molecule has 0 radical (unpaired) electrons. The van der Waals surface area contributed by atoms with E-state index in [0.717, 1.165) is 5.69 Å². The number of anilines is 2. The SMILES string of the molecule is Cc1cccc(NC(=S)NC(C)c2ccc(N3CCCC3)cc2)c1. The van der Waals surface area contributed by atoms with Gasteiger partial charge in [0.15, 0.2) is 5.11 Å². The molecule has 1 saturated heterocycles. The molecule has 2 aromatic carbocycles. The quantitative estimate of drug-likeness (QED) is 0.793. The fourth-order valence-electron chi connectivity index (χ4n) is 3.12. The van der Waals surface area contributed by atoms with Crippen molar-refractivity contribution in [1.29, 1.82) is 0 Å². The number of benzene rings is 2. The molecule has 0 amide bonds. The van der Waals surface area contributed by atoms with Crippen LogP contribution in [0.3, 0.4) is 0 Å². The molecule has 0 bridgehead atoms. The van der Waals surface area contributed by atoms with E-state index in [1.807, 2.05) is 12.1 Å². The first-order valence-corrected chi connectivity index (χ1v) is 9.02. The average molecular weight is 340 g/mol. The Morgan fingerprint density at radius 1 is 1.08 bits per heavy atom. The highest BCUT2D eigenvalue weighted by Crippen LogP contribution is 2.22. The third-order valence-corrected chi connectivity index (χ3v) is 4.71. The maximum atomic E-state index is 5.44. The van der Waals surface area contributed by atoms with Gasteiger partial charge in [0.2, 0.25) is 0 Å². The molecule has 3 rings (SSSR count). The van der Waals surface area contributed by atoms with Crippen LogP contribution in [0.25, 0.3) is 0 Å². The summed E-state index contributed by atoms with van der Waals surface area (Å²) in [6.07, 6.45) is 2.61. The molecule has 2 aromatic rings. The van der Waals surface area contributed by atoms with Crippen LogP contribution in [0.4, 0.5) is 11.4 Å². The van der Waals surface area contributed by atoms with Crippen LogP contribution < -0.4 is 15.5 Å². The molecule has 24 heavy (non-hydrogen) atoms. The van der Waals surface area contributed by atoms with Crippen LogP contribution in [0.5, 0.6) is 0 Å². The van der Waals surface area contributed by atoms with Gasteiger partial charge in [0.1, 0.15) is 0 Å². The summed E-state index contributed by atoms with van der Waals surface area (Å²) in [6.45, 7) is 6.57. The van der Waals surface area contributed by atoms with Crippen molar-refractivity contribution in [3.8, 4) is 0 Å². The van der Waals surface area contributed by atoms with Gasteiger partial charge in [0, 0.05) is 24.5 Å². The van der Waals surface area contributed by atoms with E-state index in [1.165, 1.54) is 42.7 Å². The van der Waals surface area contributed by atoms with Crippen molar-refractivity contribution in [2.45, 2.75) is 32.7 Å². The number of thiocarbonyl (C=S) groups is 1. The van der Waals surface area contributed by atoms with Crippen molar-refractivity contribution in [1.82, 2.24) is 5.32 Å². The number of aryl methyl sites for hydroxylation is 1. The van der Waals surface area contributed by atoms with E-state index < -0.39 is 0 Å². The van der Waals surface area contributed by atoms with Gasteiger partial charge in [-0.2, -0.15) is 0 Å². The molecular weight excluding hydrogens is 314 g/mol. The van der Waals surface area contributed by atoms with E-state index in [0.29, 0.717) is 5.11 Å². The molecule has 1 heterocycles. The molecule has 126 valence electrons. The number of hydrogen-bond acceptors (Lipinski definition) is 2. The zero-order valence-electron chi connectivity index (χ0n) is 14.4. The van der Waals surface area contributed by atoms with Gasteiger partial charge < -0.3 is 15.5 Å². The van der Waals surface area contributed by atoms with Gasteiger partial charge in [0.25, 0.3) is 0 Å². The van der Waals surface area contributed by atoms with E-state index in [4.69, 9.17) is 12.2 Å². The second-order valence-electron chi connectivity index (χ2n) is 6.48. The van der Waals surface area contributed by atoms with Gasteiger partial charge in [-0.25, -0.2) is 0 Å². The Kier molecular flexibility index (Phi) is 5.36. The van der Waals surface area contributed by atoms with E-state index in [9.17, 15) is 0 Å². The monoisotopic (exact) mass is 339 g/mol. The maximum Gasteiger partial charge on any atom is 0.171 e. The van der Waals surface area contributed by atoms with Crippen LogP contribution in [0.2, 0.25) is 0 Å². The lowest BCUT2D eigenvalue weighted by molar-refractivity contribution is 0.722. The zero-order valence-corrected chi connectivity index (χ0v) is 15.2. The van der Waals surface area contributed by atoms with Crippen molar-refractivity contribution in [2.24, 2.45) is 0 Å². The number of hydrogen-bond donors (Lipinski definition) is 2. The van der Waals surface area contributed by atoms with Crippen LogP contribution in [-0.2, 0) is 0 Å². The maximum absolute atomic E-state index is 5.44. The summed E-state index contributed by atoms with van der Waals surface area (Å²) in [5.41, 5.74) is 4.80. The van der Waals surface area contributed by atoms with E-state index in [-0.39, 0.29) is 6.04 Å². The Bertz CT molecular complexity index is 690. The van der Waals surface area contributed by atoms with Gasteiger partial charge >= 0.3 is 0 Å².